The normalized spacial score (nSPS) is 13.8. The highest BCUT2D eigenvalue weighted by Crippen LogP contribution is 2.32. The first kappa shape index (κ1) is 16.4. The Morgan fingerprint density at radius 2 is 2.14 bits per heavy atom. The molecule has 28 heavy (non-hydrogen) atoms. The summed E-state index contributed by atoms with van der Waals surface area (Å²) in [5.41, 5.74) is 1.78. The van der Waals surface area contributed by atoms with Crippen LogP contribution in [0.15, 0.2) is 30.6 Å². The number of aromatic hydroxyl groups is 1. The summed E-state index contributed by atoms with van der Waals surface area (Å²) >= 11 is 0. The molecule has 1 saturated carbocycles. The third-order valence-electron chi connectivity index (χ3n) is 4.62. The lowest BCUT2D eigenvalue weighted by molar-refractivity contribution is -0.117. The molecule has 0 atom stereocenters. The van der Waals surface area contributed by atoms with Gasteiger partial charge in [0.1, 0.15) is 11.3 Å². The van der Waals surface area contributed by atoms with Crippen molar-refractivity contribution in [3.8, 4) is 17.1 Å². The molecule has 0 unspecified atom stereocenters. The van der Waals surface area contributed by atoms with Crippen molar-refractivity contribution in [3.63, 3.8) is 0 Å². The second-order valence-electron chi connectivity index (χ2n) is 6.65. The minimum atomic E-state index is -0.0422. The maximum atomic E-state index is 12.1. The van der Waals surface area contributed by atoms with Gasteiger partial charge in [-0.05, 0) is 31.0 Å². The Balaban J connectivity index is 1.66. The van der Waals surface area contributed by atoms with Crippen LogP contribution in [0.4, 0.5) is 11.6 Å². The van der Waals surface area contributed by atoms with E-state index in [1.807, 2.05) is 0 Å². The first-order chi connectivity index (χ1) is 13.6. The predicted molar refractivity (Wildman–Crippen MR) is 102 cm³/mol. The molecule has 0 bridgehead atoms. The van der Waals surface area contributed by atoms with Crippen LogP contribution >= 0.6 is 0 Å². The Morgan fingerprint density at radius 1 is 1.29 bits per heavy atom. The first-order valence-electron chi connectivity index (χ1n) is 8.83. The van der Waals surface area contributed by atoms with E-state index in [4.69, 9.17) is 0 Å². The molecule has 1 amide bonds. The molecule has 1 aliphatic rings. The zero-order chi connectivity index (χ0) is 19.3. The molecule has 10 nitrogen and oxygen atoms in total. The number of carbonyl (C=O) groups excluding carboxylic acids is 1. The van der Waals surface area contributed by atoms with Crippen LogP contribution in [-0.4, -0.2) is 47.8 Å². The van der Waals surface area contributed by atoms with E-state index in [2.05, 4.69) is 35.9 Å². The van der Waals surface area contributed by atoms with Crippen molar-refractivity contribution in [2.75, 3.05) is 17.7 Å². The molecule has 140 valence electrons. The fraction of sp³-hybridized carbons (Fsp3) is 0.222. The number of amides is 1. The van der Waals surface area contributed by atoms with Gasteiger partial charge in [-0.2, -0.15) is 0 Å². The average molecular weight is 376 g/mol. The van der Waals surface area contributed by atoms with Crippen molar-refractivity contribution in [1.82, 2.24) is 29.8 Å². The predicted octanol–water partition coefficient (Wildman–Crippen LogP) is 1.83. The molecule has 0 saturated heterocycles. The smallest absolute Gasteiger partial charge is 0.228 e. The lowest BCUT2D eigenvalue weighted by atomic mass is 10.1. The Labute approximate surface area is 158 Å². The van der Waals surface area contributed by atoms with Gasteiger partial charge in [0.25, 0.3) is 0 Å². The number of anilines is 2. The summed E-state index contributed by atoms with van der Waals surface area (Å²) in [6, 6.07) is 4.97. The lowest BCUT2D eigenvalue weighted by Crippen LogP contribution is -2.15. The van der Waals surface area contributed by atoms with Crippen molar-refractivity contribution in [2.24, 2.45) is 5.92 Å². The molecule has 0 aromatic carbocycles. The van der Waals surface area contributed by atoms with E-state index in [0.717, 1.165) is 12.8 Å². The van der Waals surface area contributed by atoms with E-state index in [1.165, 1.54) is 10.7 Å². The summed E-state index contributed by atoms with van der Waals surface area (Å²) < 4.78 is 1.49. The van der Waals surface area contributed by atoms with Crippen molar-refractivity contribution >= 4 is 34.1 Å². The van der Waals surface area contributed by atoms with Gasteiger partial charge in [-0.1, -0.05) is 0 Å². The quantitative estimate of drug-likeness (QED) is 0.492. The van der Waals surface area contributed by atoms with Crippen LogP contribution in [0.3, 0.4) is 0 Å². The Bertz CT molecular complexity index is 1230. The summed E-state index contributed by atoms with van der Waals surface area (Å²) in [6.45, 7) is 0. The largest absolute Gasteiger partial charge is 0.506 e. The first-order valence-corrected chi connectivity index (χ1v) is 8.83. The van der Waals surface area contributed by atoms with Gasteiger partial charge < -0.3 is 15.7 Å². The summed E-state index contributed by atoms with van der Waals surface area (Å²) in [5, 5.41) is 29.0. The molecule has 1 fully saturated rings. The van der Waals surface area contributed by atoms with Crippen molar-refractivity contribution < 1.29 is 9.90 Å². The van der Waals surface area contributed by atoms with Crippen LogP contribution in [0, 0.1) is 5.92 Å². The van der Waals surface area contributed by atoms with E-state index >= 15 is 0 Å². The Morgan fingerprint density at radius 3 is 2.93 bits per heavy atom. The molecule has 0 radical (unpaired) electrons. The molecule has 5 rings (SSSR count). The van der Waals surface area contributed by atoms with Gasteiger partial charge in [0, 0.05) is 30.1 Å². The molecule has 10 heteroatoms. The molecule has 1 aliphatic carbocycles. The second-order valence-corrected chi connectivity index (χ2v) is 6.65. The van der Waals surface area contributed by atoms with Crippen LogP contribution < -0.4 is 10.6 Å². The van der Waals surface area contributed by atoms with E-state index in [9.17, 15) is 9.90 Å². The van der Waals surface area contributed by atoms with Crippen molar-refractivity contribution in [1.29, 1.82) is 0 Å². The number of hydrogen-bond acceptors (Lipinski definition) is 8. The summed E-state index contributed by atoms with van der Waals surface area (Å²) in [5.74, 6) is 1.48. The van der Waals surface area contributed by atoms with E-state index in [0.29, 0.717) is 39.6 Å². The minimum absolute atomic E-state index is 0.0422. The van der Waals surface area contributed by atoms with Crippen LogP contribution in [0.1, 0.15) is 12.8 Å². The van der Waals surface area contributed by atoms with Crippen LogP contribution in [0.25, 0.3) is 27.9 Å². The number of pyridine rings is 2. The molecular formula is C18H16N8O2. The highest BCUT2D eigenvalue weighted by Gasteiger charge is 2.30. The number of nitrogens with zero attached hydrogens (tertiary/aromatic N) is 6. The van der Waals surface area contributed by atoms with Gasteiger partial charge in [0.05, 0.1) is 6.20 Å². The van der Waals surface area contributed by atoms with Gasteiger partial charge in [-0.15, -0.1) is 15.3 Å². The van der Waals surface area contributed by atoms with Gasteiger partial charge >= 0.3 is 0 Å². The zero-order valence-electron chi connectivity index (χ0n) is 14.9. The third-order valence-corrected chi connectivity index (χ3v) is 4.62. The third kappa shape index (κ3) is 2.75. The summed E-state index contributed by atoms with van der Waals surface area (Å²) in [4.78, 5) is 21.0. The van der Waals surface area contributed by atoms with Gasteiger partial charge in [-0.3, -0.25) is 4.79 Å². The Kier molecular flexibility index (Phi) is 3.57. The minimum Gasteiger partial charge on any atom is -0.506 e. The standard InChI is InChI=1S/C18H16N8O2/c1-19-17-15-11(6-13(23-24-15)21-18(28)9-2-3-9)12(7-20-17)16-22-14-5-4-10(27)8-26(14)25-16/h4-9,27H,2-3H2,1H3,(H,19,20)(H,21,23,28). The molecular weight excluding hydrogens is 360 g/mol. The average Bonchev–Trinajstić information content (AvgIpc) is 3.47. The van der Waals surface area contributed by atoms with Crippen molar-refractivity contribution in [2.45, 2.75) is 12.8 Å². The zero-order valence-corrected chi connectivity index (χ0v) is 14.9. The highest BCUT2D eigenvalue weighted by atomic mass is 16.3. The lowest BCUT2D eigenvalue weighted by Gasteiger charge is -2.09. The SMILES string of the molecule is CNc1ncc(-c2nc3ccc(O)cn3n2)c2cc(NC(=O)C3CC3)nnc12. The van der Waals surface area contributed by atoms with Crippen LogP contribution in [0.5, 0.6) is 5.75 Å². The summed E-state index contributed by atoms with van der Waals surface area (Å²) in [7, 11) is 1.75. The maximum absolute atomic E-state index is 12.1. The summed E-state index contributed by atoms with van der Waals surface area (Å²) in [6.07, 6.45) is 4.94. The fourth-order valence-corrected chi connectivity index (χ4v) is 3.01. The monoisotopic (exact) mass is 376 g/mol. The van der Waals surface area contributed by atoms with E-state index < -0.39 is 0 Å². The van der Waals surface area contributed by atoms with E-state index in [-0.39, 0.29) is 17.6 Å². The van der Waals surface area contributed by atoms with Crippen LogP contribution in [-0.2, 0) is 4.79 Å². The maximum Gasteiger partial charge on any atom is 0.228 e. The van der Waals surface area contributed by atoms with Crippen LogP contribution in [0.2, 0.25) is 0 Å². The number of carbonyl (C=O) groups is 1. The van der Waals surface area contributed by atoms with E-state index in [1.54, 1.807) is 31.4 Å². The number of rotatable bonds is 4. The molecule has 0 spiro atoms. The van der Waals surface area contributed by atoms with Crippen molar-refractivity contribution in [3.05, 3.63) is 30.6 Å². The fourth-order valence-electron chi connectivity index (χ4n) is 3.01. The number of hydrogen-bond donors (Lipinski definition) is 3. The highest BCUT2D eigenvalue weighted by molar-refractivity contribution is 6.01. The molecule has 4 aromatic rings. The van der Waals surface area contributed by atoms with Gasteiger partial charge in [0.15, 0.2) is 23.1 Å². The van der Waals surface area contributed by atoms with Gasteiger partial charge in [0.2, 0.25) is 5.91 Å². The molecule has 0 aliphatic heterocycles. The number of aromatic nitrogens is 6. The molecule has 4 aromatic heterocycles. The topological polar surface area (TPSA) is 130 Å². The van der Waals surface area contributed by atoms with Gasteiger partial charge in [-0.25, -0.2) is 14.5 Å². The second kappa shape index (κ2) is 6.12. The Hall–Kier alpha value is -3.82. The number of fused-ring (bicyclic) bond motifs is 2. The number of nitrogens with one attached hydrogen (secondary N) is 2. The molecule has 3 N–H and O–H groups in total. The molecule has 4 heterocycles.